The Morgan fingerprint density at radius 1 is 1.42 bits per heavy atom. The minimum Gasteiger partial charge on any atom is -0.489 e. The van der Waals surface area contributed by atoms with E-state index in [0.29, 0.717) is 23.6 Å². The molecule has 1 aromatic carbocycles. The molecule has 0 aliphatic rings. The van der Waals surface area contributed by atoms with E-state index < -0.39 is 17.9 Å². The number of carboxylic acids is 1. The van der Waals surface area contributed by atoms with Gasteiger partial charge in [0.2, 0.25) is 0 Å². The van der Waals surface area contributed by atoms with Gasteiger partial charge in [-0.1, -0.05) is 6.92 Å². The molecule has 0 aliphatic carbocycles. The molecule has 0 saturated carbocycles. The SMILES string of the molecule is COCCOc1ccc(C#N)cc1NC(=O)N(C)CC(C)C(=O)O. The predicted octanol–water partition coefficient (Wildman–Crippen LogP) is 1.77. The number of nitrogens with zero attached hydrogens (tertiary/aromatic N) is 2. The summed E-state index contributed by atoms with van der Waals surface area (Å²) in [6.45, 7) is 2.24. The number of ether oxygens (including phenoxy) is 2. The second kappa shape index (κ2) is 9.37. The first kappa shape index (κ1) is 19.3. The average molecular weight is 335 g/mol. The van der Waals surface area contributed by atoms with E-state index >= 15 is 0 Å². The molecule has 0 radical (unpaired) electrons. The number of amides is 2. The van der Waals surface area contributed by atoms with Gasteiger partial charge in [0, 0.05) is 20.7 Å². The first-order valence-corrected chi connectivity index (χ1v) is 7.29. The maximum Gasteiger partial charge on any atom is 0.321 e. The smallest absolute Gasteiger partial charge is 0.321 e. The van der Waals surface area contributed by atoms with Crippen LogP contribution in [0, 0.1) is 17.2 Å². The van der Waals surface area contributed by atoms with Crippen LogP contribution in [0.5, 0.6) is 5.75 Å². The quantitative estimate of drug-likeness (QED) is 0.700. The third-order valence-electron chi connectivity index (χ3n) is 3.21. The van der Waals surface area contributed by atoms with Crippen molar-refractivity contribution >= 4 is 17.7 Å². The Bertz CT molecular complexity index is 627. The van der Waals surface area contributed by atoms with E-state index in [4.69, 9.17) is 19.8 Å². The number of carbonyl (C=O) groups excluding carboxylic acids is 1. The van der Waals surface area contributed by atoms with Gasteiger partial charge in [0.05, 0.1) is 29.8 Å². The number of aliphatic carboxylic acids is 1. The number of benzene rings is 1. The van der Waals surface area contributed by atoms with Crippen molar-refractivity contribution in [3.05, 3.63) is 23.8 Å². The Morgan fingerprint density at radius 3 is 2.71 bits per heavy atom. The zero-order valence-corrected chi connectivity index (χ0v) is 13.9. The first-order valence-electron chi connectivity index (χ1n) is 7.29. The van der Waals surface area contributed by atoms with Crippen molar-refractivity contribution in [3.8, 4) is 11.8 Å². The van der Waals surface area contributed by atoms with Crippen LogP contribution in [-0.4, -0.2) is 55.9 Å². The Labute approximate surface area is 140 Å². The van der Waals surface area contributed by atoms with Gasteiger partial charge in [-0.25, -0.2) is 4.79 Å². The van der Waals surface area contributed by atoms with Crippen molar-refractivity contribution in [2.75, 3.05) is 39.2 Å². The van der Waals surface area contributed by atoms with E-state index in [1.54, 1.807) is 19.2 Å². The van der Waals surface area contributed by atoms with Crippen LogP contribution in [-0.2, 0) is 9.53 Å². The standard InChI is InChI=1S/C16H21N3O5/c1-11(15(20)21)10-19(2)16(22)18-13-8-12(9-17)4-5-14(13)24-7-6-23-3/h4-5,8,11H,6-7,10H2,1-3H3,(H,18,22)(H,20,21). The van der Waals surface area contributed by atoms with Crippen molar-refractivity contribution in [3.63, 3.8) is 0 Å². The number of carboxylic acid groups (broad SMARTS) is 1. The maximum absolute atomic E-state index is 12.2. The fraction of sp³-hybridized carbons (Fsp3) is 0.438. The Kier molecular flexibility index (Phi) is 7.52. The molecule has 0 saturated heterocycles. The number of nitriles is 1. The van der Waals surface area contributed by atoms with Crippen LogP contribution in [0.25, 0.3) is 0 Å². The van der Waals surface area contributed by atoms with Gasteiger partial charge in [0.15, 0.2) is 0 Å². The lowest BCUT2D eigenvalue weighted by Gasteiger charge is -2.21. The molecular weight excluding hydrogens is 314 g/mol. The second-order valence-corrected chi connectivity index (χ2v) is 5.21. The molecule has 130 valence electrons. The van der Waals surface area contributed by atoms with Gasteiger partial charge in [-0.2, -0.15) is 5.26 Å². The highest BCUT2D eigenvalue weighted by molar-refractivity contribution is 5.91. The molecular formula is C16H21N3O5. The summed E-state index contributed by atoms with van der Waals surface area (Å²) < 4.78 is 10.4. The lowest BCUT2D eigenvalue weighted by atomic mass is 10.2. The van der Waals surface area contributed by atoms with E-state index in [-0.39, 0.29) is 13.2 Å². The summed E-state index contributed by atoms with van der Waals surface area (Å²) in [5, 5.41) is 20.5. The zero-order valence-electron chi connectivity index (χ0n) is 13.9. The van der Waals surface area contributed by atoms with Crippen LogP contribution in [0.3, 0.4) is 0 Å². The molecule has 8 heteroatoms. The minimum absolute atomic E-state index is 0.0545. The zero-order chi connectivity index (χ0) is 18.1. The molecule has 1 aromatic rings. The number of rotatable bonds is 8. The summed E-state index contributed by atoms with van der Waals surface area (Å²) in [7, 11) is 3.04. The summed E-state index contributed by atoms with van der Waals surface area (Å²) in [5.41, 5.74) is 0.705. The highest BCUT2D eigenvalue weighted by atomic mass is 16.5. The molecule has 0 spiro atoms. The average Bonchev–Trinajstić information content (AvgIpc) is 2.55. The third-order valence-corrected chi connectivity index (χ3v) is 3.21. The second-order valence-electron chi connectivity index (χ2n) is 5.21. The molecule has 1 atom stereocenters. The Morgan fingerprint density at radius 2 is 2.12 bits per heavy atom. The van der Waals surface area contributed by atoms with Crippen molar-refractivity contribution in [2.24, 2.45) is 5.92 Å². The van der Waals surface area contributed by atoms with Crippen LogP contribution < -0.4 is 10.1 Å². The minimum atomic E-state index is -0.982. The van der Waals surface area contributed by atoms with Crippen molar-refractivity contribution in [1.82, 2.24) is 4.90 Å². The number of anilines is 1. The number of hydrogen-bond donors (Lipinski definition) is 2. The molecule has 2 N–H and O–H groups in total. The predicted molar refractivity (Wildman–Crippen MR) is 87.0 cm³/mol. The van der Waals surface area contributed by atoms with Gasteiger partial charge in [0.25, 0.3) is 0 Å². The Hall–Kier alpha value is -2.79. The van der Waals surface area contributed by atoms with Gasteiger partial charge in [0.1, 0.15) is 12.4 Å². The van der Waals surface area contributed by atoms with E-state index in [0.717, 1.165) is 0 Å². The third kappa shape index (κ3) is 5.78. The number of urea groups is 1. The van der Waals surface area contributed by atoms with Crippen molar-refractivity contribution < 1.29 is 24.2 Å². The number of methoxy groups -OCH3 is 1. The lowest BCUT2D eigenvalue weighted by Crippen LogP contribution is -2.36. The molecule has 24 heavy (non-hydrogen) atoms. The summed E-state index contributed by atoms with van der Waals surface area (Å²) in [6.07, 6.45) is 0. The van der Waals surface area contributed by atoms with Gasteiger partial charge < -0.3 is 24.8 Å². The summed E-state index contributed by atoms with van der Waals surface area (Å²) in [4.78, 5) is 24.3. The highest BCUT2D eigenvalue weighted by Gasteiger charge is 2.18. The van der Waals surface area contributed by atoms with Gasteiger partial charge in [-0.3, -0.25) is 4.79 Å². The number of carbonyl (C=O) groups is 2. The molecule has 0 aromatic heterocycles. The van der Waals surface area contributed by atoms with Crippen LogP contribution in [0.15, 0.2) is 18.2 Å². The van der Waals surface area contributed by atoms with Gasteiger partial charge in [-0.15, -0.1) is 0 Å². The lowest BCUT2D eigenvalue weighted by molar-refractivity contribution is -0.141. The van der Waals surface area contributed by atoms with E-state index in [2.05, 4.69) is 5.32 Å². The number of hydrogen-bond acceptors (Lipinski definition) is 5. The Balaban J connectivity index is 2.84. The largest absolute Gasteiger partial charge is 0.489 e. The molecule has 1 rings (SSSR count). The van der Waals surface area contributed by atoms with Gasteiger partial charge in [-0.05, 0) is 18.2 Å². The van der Waals surface area contributed by atoms with Crippen LogP contribution in [0.1, 0.15) is 12.5 Å². The molecule has 0 heterocycles. The molecule has 0 aliphatic heterocycles. The maximum atomic E-state index is 12.2. The molecule has 2 amide bonds. The fourth-order valence-electron chi connectivity index (χ4n) is 1.84. The van der Waals surface area contributed by atoms with Crippen molar-refractivity contribution in [2.45, 2.75) is 6.92 Å². The van der Waals surface area contributed by atoms with E-state index in [1.807, 2.05) is 6.07 Å². The number of nitrogens with one attached hydrogen (secondary N) is 1. The van der Waals surface area contributed by atoms with Crippen LogP contribution in [0.4, 0.5) is 10.5 Å². The van der Waals surface area contributed by atoms with E-state index in [9.17, 15) is 9.59 Å². The highest BCUT2D eigenvalue weighted by Crippen LogP contribution is 2.26. The van der Waals surface area contributed by atoms with Crippen molar-refractivity contribution in [1.29, 1.82) is 5.26 Å². The topological polar surface area (TPSA) is 112 Å². The van der Waals surface area contributed by atoms with E-state index in [1.165, 1.54) is 24.9 Å². The van der Waals surface area contributed by atoms with Crippen LogP contribution >= 0.6 is 0 Å². The first-order chi connectivity index (χ1) is 11.4. The normalized spacial score (nSPS) is 11.2. The summed E-state index contributed by atoms with van der Waals surface area (Å²) in [6, 6.07) is 6.16. The van der Waals surface area contributed by atoms with Crippen LogP contribution in [0.2, 0.25) is 0 Å². The monoisotopic (exact) mass is 335 g/mol. The molecule has 8 nitrogen and oxygen atoms in total. The molecule has 1 unspecified atom stereocenters. The molecule has 0 bridgehead atoms. The molecule has 0 fully saturated rings. The van der Waals surface area contributed by atoms with Gasteiger partial charge >= 0.3 is 12.0 Å². The summed E-state index contributed by atoms with van der Waals surface area (Å²) in [5.74, 6) is -1.27. The fourth-order valence-corrected chi connectivity index (χ4v) is 1.84. The summed E-state index contributed by atoms with van der Waals surface area (Å²) >= 11 is 0.